The van der Waals surface area contributed by atoms with Gasteiger partial charge in [-0.15, -0.1) is 10.2 Å². The zero-order valence-corrected chi connectivity index (χ0v) is 16.9. The van der Waals surface area contributed by atoms with Gasteiger partial charge in [-0.25, -0.2) is 0 Å². The molecule has 3 aromatic carbocycles. The molecule has 0 unspecified atom stereocenters. The lowest BCUT2D eigenvalue weighted by atomic mass is 10.1. The van der Waals surface area contributed by atoms with E-state index in [0.29, 0.717) is 10.9 Å². The number of benzene rings is 3. The highest BCUT2D eigenvalue weighted by Crippen LogP contribution is 2.32. The van der Waals surface area contributed by atoms with Crippen molar-refractivity contribution in [2.24, 2.45) is 0 Å². The third kappa shape index (κ3) is 4.41. The lowest BCUT2D eigenvalue weighted by molar-refractivity contribution is -0.137. The van der Waals surface area contributed by atoms with E-state index in [1.807, 2.05) is 66.1 Å². The number of para-hydroxylation sites is 1. The first kappa shape index (κ1) is 20.2. The standard InChI is InChI=1S/C23H18F3N3S/c1-16-6-5-7-18(14-16)21-27-28-22(29(21)20-8-3-2-4-9-20)30-15-17-10-12-19(13-11-17)23(24,25)26/h2-14H,15H2,1H3. The van der Waals surface area contributed by atoms with Crippen molar-refractivity contribution >= 4 is 11.8 Å². The van der Waals surface area contributed by atoms with Crippen LogP contribution in [0.1, 0.15) is 16.7 Å². The highest BCUT2D eigenvalue weighted by atomic mass is 32.2. The summed E-state index contributed by atoms with van der Waals surface area (Å²) in [7, 11) is 0. The van der Waals surface area contributed by atoms with Crippen LogP contribution < -0.4 is 0 Å². The van der Waals surface area contributed by atoms with E-state index in [1.54, 1.807) is 0 Å². The van der Waals surface area contributed by atoms with Crippen LogP contribution in [-0.2, 0) is 11.9 Å². The van der Waals surface area contributed by atoms with Crippen LogP contribution in [0.5, 0.6) is 0 Å². The van der Waals surface area contributed by atoms with Crippen molar-refractivity contribution in [1.29, 1.82) is 0 Å². The fraction of sp³-hybridized carbons (Fsp3) is 0.130. The summed E-state index contributed by atoms with van der Waals surface area (Å²) >= 11 is 1.44. The molecule has 4 aromatic rings. The molecule has 0 aliphatic carbocycles. The number of thioether (sulfide) groups is 1. The van der Waals surface area contributed by atoms with Crippen molar-refractivity contribution in [3.63, 3.8) is 0 Å². The highest BCUT2D eigenvalue weighted by molar-refractivity contribution is 7.98. The van der Waals surface area contributed by atoms with Crippen LogP contribution in [0.3, 0.4) is 0 Å². The molecule has 30 heavy (non-hydrogen) atoms. The molecule has 0 amide bonds. The predicted octanol–water partition coefficient (Wildman–Crippen LogP) is 6.55. The molecule has 7 heteroatoms. The van der Waals surface area contributed by atoms with Crippen LogP contribution in [0.25, 0.3) is 17.1 Å². The maximum absolute atomic E-state index is 12.8. The average molecular weight is 425 g/mol. The first-order chi connectivity index (χ1) is 14.4. The second-order valence-electron chi connectivity index (χ2n) is 6.83. The topological polar surface area (TPSA) is 30.7 Å². The number of halogens is 3. The largest absolute Gasteiger partial charge is 0.416 e. The van der Waals surface area contributed by atoms with Gasteiger partial charge in [-0.2, -0.15) is 13.2 Å². The third-order valence-electron chi connectivity index (χ3n) is 4.57. The van der Waals surface area contributed by atoms with Gasteiger partial charge in [0, 0.05) is 17.0 Å². The third-order valence-corrected chi connectivity index (χ3v) is 5.57. The maximum atomic E-state index is 12.8. The summed E-state index contributed by atoms with van der Waals surface area (Å²) in [6, 6.07) is 23.0. The number of nitrogens with zero attached hydrogens (tertiary/aromatic N) is 3. The van der Waals surface area contributed by atoms with E-state index in [2.05, 4.69) is 10.2 Å². The van der Waals surface area contributed by atoms with E-state index < -0.39 is 11.7 Å². The van der Waals surface area contributed by atoms with E-state index in [0.717, 1.165) is 40.3 Å². The normalized spacial score (nSPS) is 11.6. The minimum absolute atomic E-state index is 0.483. The van der Waals surface area contributed by atoms with Crippen molar-refractivity contribution in [3.05, 3.63) is 95.6 Å². The van der Waals surface area contributed by atoms with E-state index in [4.69, 9.17) is 0 Å². The van der Waals surface area contributed by atoms with Crippen LogP contribution in [0.2, 0.25) is 0 Å². The first-order valence-corrected chi connectivity index (χ1v) is 10.3. The second kappa shape index (κ2) is 8.36. The zero-order chi connectivity index (χ0) is 21.1. The Hall–Kier alpha value is -3.06. The van der Waals surface area contributed by atoms with E-state index in [1.165, 1.54) is 23.9 Å². The lowest BCUT2D eigenvalue weighted by Gasteiger charge is -2.11. The first-order valence-electron chi connectivity index (χ1n) is 9.28. The quantitative estimate of drug-likeness (QED) is 0.340. The number of aromatic nitrogens is 3. The van der Waals surface area contributed by atoms with Gasteiger partial charge in [0.05, 0.1) is 5.56 Å². The molecule has 0 N–H and O–H groups in total. The SMILES string of the molecule is Cc1cccc(-c2nnc(SCc3ccc(C(F)(F)F)cc3)n2-c2ccccc2)c1. The van der Waals surface area contributed by atoms with Gasteiger partial charge < -0.3 is 0 Å². The summed E-state index contributed by atoms with van der Waals surface area (Å²) < 4.78 is 40.3. The van der Waals surface area contributed by atoms with Crippen molar-refractivity contribution in [1.82, 2.24) is 14.8 Å². The molecular weight excluding hydrogens is 407 g/mol. The van der Waals surface area contributed by atoms with Gasteiger partial charge in [-0.3, -0.25) is 4.57 Å². The summed E-state index contributed by atoms with van der Waals surface area (Å²) in [6.07, 6.45) is -4.33. The minimum Gasteiger partial charge on any atom is -0.270 e. The van der Waals surface area contributed by atoms with Crippen LogP contribution in [0.4, 0.5) is 13.2 Å². The monoisotopic (exact) mass is 425 g/mol. The summed E-state index contributed by atoms with van der Waals surface area (Å²) in [5, 5.41) is 9.45. The van der Waals surface area contributed by atoms with Crippen molar-refractivity contribution in [3.8, 4) is 17.1 Å². The smallest absolute Gasteiger partial charge is 0.270 e. The molecule has 0 fully saturated rings. The van der Waals surface area contributed by atoms with Crippen LogP contribution in [0, 0.1) is 6.92 Å². The lowest BCUT2D eigenvalue weighted by Crippen LogP contribution is -2.04. The number of aryl methyl sites for hydroxylation is 1. The fourth-order valence-corrected chi connectivity index (χ4v) is 3.99. The molecule has 0 atom stereocenters. The molecule has 152 valence electrons. The Morgan fingerprint density at radius 1 is 0.867 bits per heavy atom. The molecule has 1 aromatic heterocycles. The Balaban J connectivity index is 1.65. The molecule has 0 bridgehead atoms. The van der Waals surface area contributed by atoms with Gasteiger partial charge in [-0.1, -0.05) is 65.9 Å². The Morgan fingerprint density at radius 3 is 2.27 bits per heavy atom. The Labute approximate surface area is 176 Å². The Kier molecular flexibility index (Phi) is 5.63. The molecule has 0 aliphatic heterocycles. The Morgan fingerprint density at radius 2 is 1.60 bits per heavy atom. The average Bonchev–Trinajstić information content (AvgIpc) is 3.16. The fourth-order valence-electron chi connectivity index (χ4n) is 3.08. The molecule has 0 aliphatic rings. The van der Waals surface area contributed by atoms with E-state index in [9.17, 15) is 13.2 Å². The molecule has 4 rings (SSSR count). The van der Waals surface area contributed by atoms with Crippen molar-refractivity contribution in [2.45, 2.75) is 24.0 Å². The molecule has 0 radical (unpaired) electrons. The van der Waals surface area contributed by atoms with Crippen LogP contribution in [-0.4, -0.2) is 14.8 Å². The summed E-state index contributed by atoms with van der Waals surface area (Å²) in [4.78, 5) is 0. The Bertz CT molecular complexity index is 1140. The minimum atomic E-state index is -4.33. The molecular formula is C23H18F3N3S. The molecule has 3 nitrogen and oxygen atoms in total. The van der Waals surface area contributed by atoms with Crippen molar-refractivity contribution in [2.75, 3.05) is 0 Å². The maximum Gasteiger partial charge on any atom is 0.416 e. The predicted molar refractivity (Wildman–Crippen MR) is 113 cm³/mol. The number of alkyl halides is 3. The number of hydrogen-bond donors (Lipinski definition) is 0. The molecule has 0 saturated heterocycles. The van der Waals surface area contributed by atoms with Gasteiger partial charge in [0.1, 0.15) is 0 Å². The van der Waals surface area contributed by atoms with Crippen molar-refractivity contribution < 1.29 is 13.2 Å². The second-order valence-corrected chi connectivity index (χ2v) is 7.77. The van der Waals surface area contributed by atoms with Gasteiger partial charge in [0.25, 0.3) is 0 Å². The van der Waals surface area contributed by atoms with Gasteiger partial charge in [0.2, 0.25) is 0 Å². The van der Waals surface area contributed by atoms with Crippen LogP contribution >= 0.6 is 11.8 Å². The van der Waals surface area contributed by atoms with Gasteiger partial charge in [-0.05, 0) is 42.8 Å². The number of rotatable bonds is 5. The van der Waals surface area contributed by atoms with Crippen LogP contribution in [0.15, 0.2) is 84.0 Å². The van der Waals surface area contributed by atoms with E-state index >= 15 is 0 Å². The zero-order valence-electron chi connectivity index (χ0n) is 16.1. The summed E-state index contributed by atoms with van der Waals surface area (Å²) in [6.45, 7) is 2.02. The van der Waals surface area contributed by atoms with Gasteiger partial charge in [0.15, 0.2) is 11.0 Å². The molecule has 1 heterocycles. The summed E-state index contributed by atoms with van der Waals surface area (Å²) in [5.41, 5.74) is 3.13. The van der Waals surface area contributed by atoms with E-state index in [-0.39, 0.29) is 0 Å². The number of hydrogen-bond acceptors (Lipinski definition) is 3. The highest BCUT2D eigenvalue weighted by Gasteiger charge is 2.29. The molecule has 0 spiro atoms. The molecule has 0 saturated carbocycles. The summed E-state index contributed by atoms with van der Waals surface area (Å²) in [5.74, 6) is 1.21. The van der Waals surface area contributed by atoms with Gasteiger partial charge >= 0.3 is 6.18 Å².